The average molecular weight is 385 g/mol. The Labute approximate surface area is 160 Å². The Balaban J connectivity index is 2.13. The number of sulfonamides is 1. The maximum absolute atomic E-state index is 12.9. The highest BCUT2D eigenvalue weighted by Gasteiger charge is 2.20. The van der Waals surface area contributed by atoms with Gasteiger partial charge < -0.3 is 5.32 Å². The Morgan fingerprint density at radius 1 is 1.07 bits per heavy atom. The molecule has 0 atom stereocenters. The zero-order valence-corrected chi connectivity index (χ0v) is 16.8. The SMILES string of the molecule is CNCc1ccc(-c2c(C)nn(C)c2C)c(NS(=O)(=O)c2ccccc2)c1. The number of aromatic nitrogens is 2. The van der Waals surface area contributed by atoms with Gasteiger partial charge in [0.15, 0.2) is 0 Å². The fourth-order valence-electron chi connectivity index (χ4n) is 3.17. The first kappa shape index (κ1) is 19.1. The normalized spacial score (nSPS) is 11.6. The molecule has 0 saturated carbocycles. The van der Waals surface area contributed by atoms with Crippen LogP contribution in [0.5, 0.6) is 0 Å². The zero-order valence-electron chi connectivity index (χ0n) is 15.9. The van der Waals surface area contributed by atoms with Crippen molar-refractivity contribution in [1.82, 2.24) is 15.1 Å². The Bertz CT molecular complexity index is 1060. The van der Waals surface area contributed by atoms with E-state index in [1.54, 1.807) is 30.3 Å². The molecule has 1 aromatic heterocycles. The molecule has 0 aliphatic heterocycles. The second-order valence-corrected chi connectivity index (χ2v) is 8.18. The van der Waals surface area contributed by atoms with Crippen LogP contribution in [0.25, 0.3) is 11.1 Å². The summed E-state index contributed by atoms with van der Waals surface area (Å²) in [6, 6.07) is 14.2. The first-order valence-electron chi connectivity index (χ1n) is 8.69. The monoisotopic (exact) mass is 384 g/mol. The molecule has 0 unspecified atom stereocenters. The van der Waals surface area contributed by atoms with Gasteiger partial charge in [-0.3, -0.25) is 9.40 Å². The molecule has 2 aromatic carbocycles. The van der Waals surface area contributed by atoms with E-state index in [-0.39, 0.29) is 4.90 Å². The molecule has 7 heteroatoms. The van der Waals surface area contributed by atoms with E-state index in [1.165, 1.54) is 0 Å². The van der Waals surface area contributed by atoms with Crippen molar-refractivity contribution in [2.24, 2.45) is 7.05 Å². The van der Waals surface area contributed by atoms with Crippen molar-refractivity contribution in [3.8, 4) is 11.1 Å². The van der Waals surface area contributed by atoms with Crippen LogP contribution < -0.4 is 10.0 Å². The van der Waals surface area contributed by atoms with Crippen molar-refractivity contribution < 1.29 is 8.42 Å². The number of hydrogen-bond acceptors (Lipinski definition) is 4. The van der Waals surface area contributed by atoms with E-state index < -0.39 is 10.0 Å². The predicted molar refractivity (Wildman–Crippen MR) is 108 cm³/mol. The molecular formula is C20H24N4O2S. The van der Waals surface area contributed by atoms with E-state index in [0.29, 0.717) is 12.2 Å². The third-order valence-electron chi connectivity index (χ3n) is 4.54. The summed E-state index contributed by atoms with van der Waals surface area (Å²) in [5, 5.41) is 7.57. The van der Waals surface area contributed by atoms with Crippen molar-refractivity contribution in [3.63, 3.8) is 0 Å². The number of rotatable bonds is 6. The number of hydrogen-bond donors (Lipinski definition) is 2. The van der Waals surface area contributed by atoms with Gasteiger partial charge in [0, 0.05) is 30.4 Å². The Morgan fingerprint density at radius 2 is 1.78 bits per heavy atom. The van der Waals surface area contributed by atoms with Gasteiger partial charge >= 0.3 is 0 Å². The lowest BCUT2D eigenvalue weighted by atomic mass is 10.00. The first-order chi connectivity index (χ1) is 12.8. The minimum absolute atomic E-state index is 0.231. The fraction of sp³-hybridized carbons (Fsp3) is 0.250. The maximum atomic E-state index is 12.9. The van der Waals surface area contributed by atoms with Gasteiger partial charge in [0.2, 0.25) is 0 Å². The van der Waals surface area contributed by atoms with Gasteiger partial charge in [-0.1, -0.05) is 30.3 Å². The van der Waals surface area contributed by atoms with Gasteiger partial charge in [0.25, 0.3) is 10.0 Å². The molecule has 3 aromatic rings. The molecule has 27 heavy (non-hydrogen) atoms. The number of aryl methyl sites for hydroxylation is 2. The Kier molecular flexibility index (Phi) is 5.34. The van der Waals surface area contributed by atoms with Crippen LogP contribution in [0.15, 0.2) is 53.4 Å². The van der Waals surface area contributed by atoms with E-state index >= 15 is 0 Å². The fourth-order valence-corrected chi connectivity index (χ4v) is 4.27. The van der Waals surface area contributed by atoms with Gasteiger partial charge in [0.1, 0.15) is 0 Å². The molecule has 3 rings (SSSR count). The molecular weight excluding hydrogens is 360 g/mol. The van der Waals surface area contributed by atoms with Crippen LogP contribution in [0.4, 0.5) is 5.69 Å². The summed E-state index contributed by atoms with van der Waals surface area (Å²) in [4.78, 5) is 0.231. The summed E-state index contributed by atoms with van der Waals surface area (Å²) < 4.78 is 30.3. The van der Waals surface area contributed by atoms with Gasteiger partial charge in [-0.2, -0.15) is 5.10 Å². The third kappa shape index (κ3) is 3.89. The minimum Gasteiger partial charge on any atom is -0.316 e. The van der Waals surface area contributed by atoms with Crippen molar-refractivity contribution in [3.05, 3.63) is 65.5 Å². The van der Waals surface area contributed by atoms with E-state index in [1.807, 2.05) is 50.8 Å². The summed E-state index contributed by atoms with van der Waals surface area (Å²) in [6.45, 7) is 4.55. The highest BCUT2D eigenvalue weighted by molar-refractivity contribution is 7.92. The van der Waals surface area contributed by atoms with E-state index in [0.717, 1.165) is 28.1 Å². The second kappa shape index (κ2) is 7.54. The van der Waals surface area contributed by atoms with Crippen LogP contribution in [-0.2, 0) is 23.6 Å². The molecule has 1 heterocycles. The predicted octanol–water partition coefficient (Wildman–Crippen LogP) is 3.22. The van der Waals surface area contributed by atoms with Gasteiger partial charge in [-0.25, -0.2) is 8.42 Å². The van der Waals surface area contributed by atoms with Gasteiger partial charge in [0.05, 0.1) is 16.3 Å². The lowest BCUT2D eigenvalue weighted by Crippen LogP contribution is -2.14. The molecule has 0 saturated heterocycles. The summed E-state index contributed by atoms with van der Waals surface area (Å²) >= 11 is 0. The van der Waals surface area contributed by atoms with Crippen LogP contribution in [0.2, 0.25) is 0 Å². The summed E-state index contributed by atoms with van der Waals surface area (Å²) in [6.07, 6.45) is 0. The van der Waals surface area contributed by atoms with E-state index in [4.69, 9.17) is 0 Å². The van der Waals surface area contributed by atoms with Crippen LogP contribution >= 0.6 is 0 Å². The van der Waals surface area contributed by atoms with Crippen molar-refractivity contribution >= 4 is 15.7 Å². The third-order valence-corrected chi connectivity index (χ3v) is 5.92. The van der Waals surface area contributed by atoms with Crippen LogP contribution in [-0.4, -0.2) is 25.2 Å². The zero-order chi connectivity index (χ0) is 19.6. The van der Waals surface area contributed by atoms with E-state index in [2.05, 4.69) is 15.1 Å². The lowest BCUT2D eigenvalue weighted by Gasteiger charge is -2.15. The van der Waals surface area contributed by atoms with Crippen molar-refractivity contribution in [2.75, 3.05) is 11.8 Å². The first-order valence-corrected chi connectivity index (χ1v) is 10.2. The lowest BCUT2D eigenvalue weighted by molar-refractivity contribution is 0.601. The van der Waals surface area contributed by atoms with Gasteiger partial charge in [-0.15, -0.1) is 0 Å². The number of anilines is 1. The summed E-state index contributed by atoms with van der Waals surface area (Å²) in [5.74, 6) is 0. The molecule has 0 amide bonds. The topological polar surface area (TPSA) is 76.0 Å². The van der Waals surface area contributed by atoms with Crippen LogP contribution in [0.3, 0.4) is 0 Å². The van der Waals surface area contributed by atoms with Crippen LogP contribution in [0, 0.1) is 13.8 Å². The molecule has 0 radical (unpaired) electrons. The Hall–Kier alpha value is -2.64. The minimum atomic E-state index is -3.69. The second-order valence-electron chi connectivity index (χ2n) is 6.50. The summed E-state index contributed by atoms with van der Waals surface area (Å²) in [5.41, 5.74) is 5.14. The highest BCUT2D eigenvalue weighted by atomic mass is 32.2. The molecule has 0 aliphatic carbocycles. The molecule has 0 bridgehead atoms. The molecule has 0 aliphatic rings. The highest BCUT2D eigenvalue weighted by Crippen LogP contribution is 2.34. The number of nitrogens with zero attached hydrogens (tertiary/aromatic N) is 2. The maximum Gasteiger partial charge on any atom is 0.261 e. The number of benzene rings is 2. The molecule has 0 spiro atoms. The van der Waals surface area contributed by atoms with Gasteiger partial charge in [-0.05, 0) is 44.7 Å². The molecule has 0 fully saturated rings. The van der Waals surface area contributed by atoms with Crippen molar-refractivity contribution in [2.45, 2.75) is 25.3 Å². The average Bonchev–Trinajstić information content (AvgIpc) is 2.88. The number of nitrogens with one attached hydrogen (secondary N) is 2. The van der Waals surface area contributed by atoms with Crippen LogP contribution in [0.1, 0.15) is 17.0 Å². The largest absolute Gasteiger partial charge is 0.316 e. The van der Waals surface area contributed by atoms with Crippen molar-refractivity contribution in [1.29, 1.82) is 0 Å². The summed E-state index contributed by atoms with van der Waals surface area (Å²) in [7, 11) is 0.0502. The molecule has 2 N–H and O–H groups in total. The molecule has 6 nitrogen and oxygen atoms in total. The standard InChI is InChI=1S/C20H24N4O2S/c1-14-20(15(2)24(4)22-14)18-11-10-16(13-21-3)12-19(18)23-27(25,26)17-8-6-5-7-9-17/h5-12,21,23H,13H2,1-4H3. The van der Waals surface area contributed by atoms with E-state index in [9.17, 15) is 8.42 Å². The smallest absolute Gasteiger partial charge is 0.261 e. The molecule has 142 valence electrons. The Morgan fingerprint density at radius 3 is 2.37 bits per heavy atom. The quantitative estimate of drug-likeness (QED) is 0.684.